The number of aromatic nitrogens is 3. The van der Waals surface area contributed by atoms with Gasteiger partial charge < -0.3 is 14.8 Å². The zero-order valence-electron chi connectivity index (χ0n) is 10.8. The molecule has 0 saturated carbocycles. The molecule has 0 saturated heterocycles. The number of nitrogens with two attached hydrogens (primary N) is 1. The Kier molecular flexibility index (Phi) is 4.38. The second-order valence-corrected chi connectivity index (χ2v) is 3.99. The van der Waals surface area contributed by atoms with Crippen LogP contribution in [0.4, 0.5) is 17.6 Å². The monoisotopic (exact) mass is 296 g/mol. The van der Waals surface area contributed by atoms with Crippen LogP contribution < -0.4 is 26.1 Å². The predicted molar refractivity (Wildman–Crippen MR) is 75.5 cm³/mol. The van der Waals surface area contributed by atoms with Gasteiger partial charge in [0.2, 0.25) is 11.9 Å². The standard InChI is InChI=1S/C11H13ClN6O2/c1-19-6-3-4-7(12)8(5-6)14-9-15-10(18-13)17-11(16-9)20-2/h3-5H,13H2,1-2H3,(H2,14,15,16,17,18). The molecule has 4 N–H and O–H groups in total. The van der Waals surface area contributed by atoms with Crippen molar-refractivity contribution in [2.75, 3.05) is 25.0 Å². The number of anilines is 3. The topological polar surface area (TPSA) is 107 Å². The normalized spacial score (nSPS) is 10.0. The Morgan fingerprint density at radius 3 is 2.50 bits per heavy atom. The summed E-state index contributed by atoms with van der Waals surface area (Å²) < 4.78 is 10.1. The molecule has 1 heterocycles. The number of halogens is 1. The number of hydrazine groups is 1. The first-order valence-corrected chi connectivity index (χ1v) is 5.91. The van der Waals surface area contributed by atoms with Crippen LogP contribution in [-0.2, 0) is 0 Å². The number of hydrogen-bond donors (Lipinski definition) is 3. The Labute approximate surface area is 120 Å². The average molecular weight is 297 g/mol. The zero-order chi connectivity index (χ0) is 14.5. The molecule has 0 atom stereocenters. The van der Waals surface area contributed by atoms with E-state index in [4.69, 9.17) is 26.9 Å². The molecule has 0 aliphatic carbocycles. The first kappa shape index (κ1) is 14.1. The van der Waals surface area contributed by atoms with Gasteiger partial charge in [-0.25, -0.2) is 5.84 Å². The lowest BCUT2D eigenvalue weighted by molar-refractivity contribution is 0.379. The van der Waals surface area contributed by atoms with Crippen molar-refractivity contribution in [1.82, 2.24) is 15.0 Å². The number of benzene rings is 1. The fourth-order valence-electron chi connectivity index (χ4n) is 1.42. The van der Waals surface area contributed by atoms with Gasteiger partial charge in [-0.3, -0.25) is 5.43 Å². The molecule has 0 aliphatic rings. The maximum Gasteiger partial charge on any atom is 0.322 e. The molecule has 9 heteroatoms. The SMILES string of the molecule is COc1ccc(Cl)c(Nc2nc(NN)nc(OC)n2)c1. The summed E-state index contributed by atoms with van der Waals surface area (Å²) in [6.45, 7) is 0. The van der Waals surface area contributed by atoms with Crippen LogP contribution in [0, 0.1) is 0 Å². The van der Waals surface area contributed by atoms with Crippen LogP contribution in [-0.4, -0.2) is 29.2 Å². The molecule has 2 aromatic rings. The van der Waals surface area contributed by atoms with Crippen molar-refractivity contribution in [3.8, 4) is 11.8 Å². The predicted octanol–water partition coefficient (Wildman–Crippen LogP) is 1.57. The Balaban J connectivity index is 2.33. The van der Waals surface area contributed by atoms with Crippen molar-refractivity contribution < 1.29 is 9.47 Å². The molecule has 1 aromatic carbocycles. The zero-order valence-corrected chi connectivity index (χ0v) is 11.6. The summed E-state index contributed by atoms with van der Waals surface area (Å²) in [5.74, 6) is 6.33. The van der Waals surface area contributed by atoms with E-state index in [2.05, 4.69) is 25.7 Å². The summed E-state index contributed by atoms with van der Waals surface area (Å²) in [5, 5.41) is 3.44. The van der Waals surface area contributed by atoms with Gasteiger partial charge in [0, 0.05) is 6.07 Å². The van der Waals surface area contributed by atoms with Gasteiger partial charge in [0.1, 0.15) is 5.75 Å². The van der Waals surface area contributed by atoms with Crippen molar-refractivity contribution in [3.63, 3.8) is 0 Å². The van der Waals surface area contributed by atoms with Gasteiger partial charge in [-0.05, 0) is 12.1 Å². The summed E-state index contributed by atoms with van der Waals surface area (Å²) in [6.07, 6.45) is 0. The van der Waals surface area contributed by atoms with Gasteiger partial charge in [-0.1, -0.05) is 11.6 Å². The number of rotatable bonds is 5. The van der Waals surface area contributed by atoms with E-state index >= 15 is 0 Å². The van der Waals surface area contributed by atoms with E-state index in [9.17, 15) is 0 Å². The summed E-state index contributed by atoms with van der Waals surface area (Å²) in [5.41, 5.74) is 2.91. The summed E-state index contributed by atoms with van der Waals surface area (Å²) in [6, 6.07) is 5.28. The number of hydrogen-bond acceptors (Lipinski definition) is 8. The van der Waals surface area contributed by atoms with Gasteiger partial charge in [-0.2, -0.15) is 15.0 Å². The molecule has 0 fully saturated rings. The fourth-order valence-corrected chi connectivity index (χ4v) is 1.58. The summed E-state index contributed by atoms with van der Waals surface area (Å²) in [4.78, 5) is 12.0. The van der Waals surface area contributed by atoms with Crippen LogP contribution in [0.25, 0.3) is 0 Å². The summed E-state index contributed by atoms with van der Waals surface area (Å²) >= 11 is 6.09. The minimum Gasteiger partial charge on any atom is -0.497 e. The average Bonchev–Trinajstić information content (AvgIpc) is 2.49. The molecule has 0 radical (unpaired) electrons. The second kappa shape index (κ2) is 6.22. The Hall–Kier alpha value is -2.32. The minimum absolute atomic E-state index is 0.120. The molecule has 20 heavy (non-hydrogen) atoms. The third kappa shape index (κ3) is 3.16. The van der Waals surface area contributed by atoms with Gasteiger partial charge in [0.05, 0.1) is 24.9 Å². The smallest absolute Gasteiger partial charge is 0.322 e. The highest BCUT2D eigenvalue weighted by Gasteiger charge is 2.09. The van der Waals surface area contributed by atoms with Gasteiger partial charge in [0.25, 0.3) is 0 Å². The van der Waals surface area contributed by atoms with E-state index < -0.39 is 0 Å². The molecule has 0 aliphatic heterocycles. The van der Waals surface area contributed by atoms with E-state index in [0.29, 0.717) is 16.5 Å². The molecule has 1 aromatic heterocycles. The molecule has 106 valence electrons. The van der Waals surface area contributed by atoms with Crippen LogP contribution >= 0.6 is 11.6 Å². The lowest BCUT2D eigenvalue weighted by Gasteiger charge is -2.10. The fraction of sp³-hybridized carbons (Fsp3) is 0.182. The van der Waals surface area contributed by atoms with Crippen LogP contribution in [0.3, 0.4) is 0 Å². The van der Waals surface area contributed by atoms with Crippen molar-refractivity contribution in [2.45, 2.75) is 0 Å². The molecular weight excluding hydrogens is 284 g/mol. The molecule has 0 amide bonds. The molecule has 0 bridgehead atoms. The van der Waals surface area contributed by atoms with Crippen molar-refractivity contribution in [3.05, 3.63) is 23.2 Å². The summed E-state index contributed by atoms with van der Waals surface area (Å²) in [7, 11) is 3.01. The number of nitrogens with zero attached hydrogens (tertiary/aromatic N) is 3. The third-order valence-electron chi connectivity index (χ3n) is 2.35. The van der Waals surface area contributed by atoms with Crippen molar-refractivity contribution in [1.29, 1.82) is 0 Å². The maximum atomic E-state index is 6.09. The van der Waals surface area contributed by atoms with Gasteiger partial charge in [-0.15, -0.1) is 0 Å². The minimum atomic E-state index is 0.120. The number of nitrogen functional groups attached to an aromatic ring is 1. The van der Waals surface area contributed by atoms with E-state index in [-0.39, 0.29) is 17.9 Å². The van der Waals surface area contributed by atoms with Crippen LogP contribution in [0.2, 0.25) is 5.02 Å². The molecule has 0 spiro atoms. The highest BCUT2D eigenvalue weighted by Crippen LogP contribution is 2.28. The molecular formula is C11H13ClN6O2. The van der Waals surface area contributed by atoms with Crippen molar-refractivity contribution >= 4 is 29.2 Å². The highest BCUT2D eigenvalue weighted by atomic mass is 35.5. The van der Waals surface area contributed by atoms with Crippen LogP contribution in [0.5, 0.6) is 11.8 Å². The van der Waals surface area contributed by atoms with E-state index in [1.165, 1.54) is 7.11 Å². The first-order chi connectivity index (χ1) is 9.66. The van der Waals surface area contributed by atoms with Crippen LogP contribution in [0.15, 0.2) is 18.2 Å². The lowest BCUT2D eigenvalue weighted by atomic mass is 10.3. The van der Waals surface area contributed by atoms with E-state index in [0.717, 1.165) is 0 Å². The largest absolute Gasteiger partial charge is 0.497 e. The number of nitrogens with one attached hydrogen (secondary N) is 2. The molecule has 0 unspecified atom stereocenters. The number of methoxy groups -OCH3 is 2. The van der Waals surface area contributed by atoms with E-state index in [1.54, 1.807) is 25.3 Å². The molecule has 2 rings (SSSR count). The Bertz CT molecular complexity index is 587. The Morgan fingerprint density at radius 2 is 1.85 bits per heavy atom. The van der Waals surface area contributed by atoms with Crippen molar-refractivity contribution in [2.24, 2.45) is 5.84 Å². The van der Waals surface area contributed by atoms with E-state index in [1.807, 2.05) is 0 Å². The van der Waals surface area contributed by atoms with Gasteiger partial charge >= 0.3 is 6.01 Å². The Morgan fingerprint density at radius 1 is 1.10 bits per heavy atom. The first-order valence-electron chi connectivity index (χ1n) is 5.53. The lowest BCUT2D eigenvalue weighted by Crippen LogP contribution is -2.13. The number of ether oxygens (including phenoxy) is 2. The molecule has 8 nitrogen and oxygen atoms in total. The maximum absolute atomic E-state index is 6.09. The second-order valence-electron chi connectivity index (χ2n) is 3.58. The third-order valence-corrected chi connectivity index (χ3v) is 2.68. The quantitative estimate of drug-likeness (QED) is 0.564. The highest BCUT2D eigenvalue weighted by molar-refractivity contribution is 6.33. The van der Waals surface area contributed by atoms with Crippen LogP contribution in [0.1, 0.15) is 0 Å². The van der Waals surface area contributed by atoms with Gasteiger partial charge in [0.15, 0.2) is 0 Å².